The highest BCUT2D eigenvalue weighted by molar-refractivity contribution is 5.99. The van der Waals surface area contributed by atoms with E-state index in [2.05, 4.69) is 26.0 Å². The zero-order valence-corrected chi connectivity index (χ0v) is 18.1. The zero-order chi connectivity index (χ0) is 21.6. The number of hydrogen-bond acceptors (Lipinski definition) is 4. The molecule has 3 aromatic rings. The largest absolute Gasteiger partial charge is 0.450 e. The zero-order valence-electron chi connectivity index (χ0n) is 18.1. The minimum absolute atomic E-state index is 0.138. The van der Waals surface area contributed by atoms with Gasteiger partial charge in [0.25, 0.3) is 5.91 Å². The fraction of sp³-hybridized carbons (Fsp3) is 0.360. The molecule has 30 heavy (non-hydrogen) atoms. The molecular formula is C25H27NO4. The summed E-state index contributed by atoms with van der Waals surface area (Å²) in [6.07, 6.45) is 0. The van der Waals surface area contributed by atoms with Crippen molar-refractivity contribution in [3.05, 3.63) is 80.2 Å². The number of methoxy groups -OCH3 is 1. The van der Waals surface area contributed by atoms with Crippen LogP contribution in [-0.4, -0.2) is 31.1 Å². The number of carbonyl (C=O) groups is 1. The molecule has 0 fully saturated rings. The molecule has 4 rings (SSSR count). The predicted octanol–water partition coefficient (Wildman–Crippen LogP) is 4.72. The number of aryl methyl sites for hydroxylation is 2. The van der Waals surface area contributed by atoms with Crippen LogP contribution in [0.3, 0.4) is 0 Å². The predicted molar refractivity (Wildman–Crippen MR) is 117 cm³/mol. The van der Waals surface area contributed by atoms with Gasteiger partial charge in [0.15, 0.2) is 5.43 Å². The van der Waals surface area contributed by atoms with Gasteiger partial charge in [0.1, 0.15) is 5.58 Å². The molecule has 0 aliphatic carbocycles. The average molecular weight is 405 g/mol. The number of rotatable bonds is 5. The first-order chi connectivity index (χ1) is 14.3. The maximum atomic E-state index is 13.5. The van der Waals surface area contributed by atoms with Gasteiger partial charge in [-0.2, -0.15) is 0 Å². The molecule has 1 aromatic heterocycles. The fourth-order valence-electron chi connectivity index (χ4n) is 4.11. The third-order valence-corrected chi connectivity index (χ3v) is 6.04. The Morgan fingerprint density at radius 3 is 2.37 bits per heavy atom. The standard InChI is InChI=1S/C25H27NO4/c1-14(2)17-6-8-18(9-7-17)22-21-23(27)19-12-15(3)16(4)13-20(19)30-24(21)25(28)26(22)10-11-29-5/h6-9,12-14,22H,10-11H2,1-5H3. The van der Waals surface area contributed by atoms with Crippen molar-refractivity contribution in [2.75, 3.05) is 20.3 Å². The van der Waals surface area contributed by atoms with E-state index in [-0.39, 0.29) is 17.1 Å². The van der Waals surface area contributed by atoms with Crippen LogP contribution in [0.1, 0.15) is 64.2 Å². The number of ether oxygens (including phenoxy) is 1. The SMILES string of the molecule is COCCN1C(=O)c2oc3cc(C)c(C)cc3c(=O)c2C1c1ccc(C(C)C)cc1. The number of hydrogen-bond donors (Lipinski definition) is 0. The number of nitrogens with zero attached hydrogens (tertiary/aromatic N) is 1. The Balaban J connectivity index is 1.94. The van der Waals surface area contributed by atoms with Gasteiger partial charge < -0.3 is 14.1 Å². The second-order valence-corrected chi connectivity index (χ2v) is 8.32. The molecule has 1 atom stereocenters. The second-order valence-electron chi connectivity index (χ2n) is 8.32. The van der Waals surface area contributed by atoms with E-state index in [1.165, 1.54) is 5.56 Å². The van der Waals surface area contributed by atoms with E-state index in [9.17, 15) is 9.59 Å². The van der Waals surface area contributed by atoms with E-state index >= 15 is 0 Å². The number of fused-ring (bicyclic) bond motifs is 2. The van der Waals surface area contributed by atoms with Crippen LogP contribution < -0.4 is 5.43 Å². The Labute approximate surface area is 176 Å². The third-order valence-electron chi connectivity index (χ3n) is 6.04. The highest BCUT2D eigenvalue weighted by atomic mass is 16.5. The molecule has 1 unspecified atom stereocenters. The molecule has 1 aliphatic rings. The summed E-state index contributed by atoms with van der Waals surface area (Å²) in [6, 6.07) is 11.4. The van der Waals surface area contributed by atoms with Crippen LogP contribution in [0.5, 0.6) is 0 Å². The van der Waals surface area contributed by atoms with Gasteiger partial charge in [-0.1, -0.05) is 38.1 Å². The van der Waals surface area contributed by atoms with Gasteiger partial charge in [-0.3, -0.25) is 9.59 Å². The number of carbonyl (C=O) groups excluding carboxylic acids is 1. The molecule has 0 saturated heterocycles. The molecule has 1 amide bonds. The molecule has 5 nitrogen and oxygen atoms in total. The lowest BCUT2D eigenvalue weighted by molar-refractivity contribution is 0.0663. The van der Waals surface area contributed by atoms with Crippen molar-refractivity contribution < 1.29 is 13.9 Å². The van der Waals surface area contributed by atoms with Gasteiger partial charge in [-0.25, -0.2) is 0 Å². The normalized spacial score (nSPS) is 16.0. The Morgan fingerprint density at radius 2 is 1.73 bits per heavy atom. The Kier molecular flexibility index (Phi) is 5.24. The quantitative estimate of drug-likeness (QED) is 0.616. The van der Waals surface area contributed by atoms with Gasteiger partial charge >= 0.3 is 0 Å². The summed E-state index contributed by atoms with van der Waals surface area (Å²) in [7, 11) is 1.60. The minimum Gasteiger partial charge on any atom is -0.450 e. The average Bonchev–Trinajstić information content (AvgIpc) is 3.00. The van der Waals surface area contributed by atoms with Gasteiger partial charge in [-0.15, -0.1) is 0 Å². The smallest absolute Gasteiger partial charge is 0.290 e. The summed E-state index contributed by atoms with van der Waals surface area (Å²) in [4.78, 5) is 28.5. The van der Waals surface area contributed by atoms with Crippen LogP contribution in [0.25, 0.3) is 11.0 Å². The molecule has 0 N–H and O–H groups in total. The summed E-state index contributed by atoms with van der Waals surface area (Å²) in [6.45, 7) is 8.97. The van der Waals surface area contributed by atoms with Crippen molar-refractivity contribution in [1.82, 2.24) is 4.90 Å². The van der Waals surface area contributed by atoms with Crippen LogP contribution in [0.4, 0.5) is 0 Å². The van der Waals surface area contributed by atoms with Crippen LogP contribution in [0, 0.1) is 13.8 Å². The molecule has 2 heterocycles. The van der Waals surface area contributed by atoms with Gasteiger partial charge in [-0.05, 0) is 54.2 Å². The highest BCUT2D eigenvalue weighted by Crippen LogP contribution is 2.38. The van der Waals surface area contributed by atoms with E-state index < -0.39 is 6.04 Å². The molecule has 0 saturated carbocycles. The summed E-state index contributed by atoms with van der Waals surface area (Å²) in [5.41, 5.74) is 4.89. The number of benzene rings is 2. The molecule has 1 aliphatic heterocycles. The molecule has 156 valence electrons. The van der Waals surface area contributed by atoms with Crippen LogP contribution in [-0.2, 0) is 4.74 Å². The second kappa shape index (κ2) is 7.73. The summed E-state index contributed by atoms with van der Waals surface area (Å²) in [5, 5.41) is 0.516. The summed E-state index contributed by atoms with van der Waals surface area (Å²) in [5.74, 6) is 0.281. The van der Waals surface area contributed by atoms with Crippen LogP contribution in [0.2, 0.25) is 0 Å². The summed E-state index contributed by atoms with van der Waals surface area (Å²) >= 11 is 0. The molecular weight excluding hydrogens is 378 g/mol. The first-order valence-electron chi connectivity index (χ1n) is 10.3. The molecule has 0 radical (unpaired) electrons. The van der Waals surface area contributed by atoms with E-state index in [0.29, 0.717) is 35.6 Å². The first-order valence-corrected chi connectivity index (χ1v) is 10.3. The van der Waals surface area contributed by atoms with Gasteiger partial charge in [0.2, 0.25) is 5.76 Å². The Hall–Kier alpha value is -2.92. The van der Waals surface area contributed by atoms with Crippen LogP contribution in [0.15, 0.2) is 45.6 Å². The Bertz CT molecular complexity index is 1170. The number of amides is 1. The van der Waals surface area contributed by atoms with Gasteiger partial charge in [0.05, 0.1) is 23.6 Å². The third kappa shape index (κ3) is 3.23. The lowest BCUT2D eigenvalue weighted by Gasteiger charge is -2.25. The van der Waals surface area contributed by atoms with E-state index in [4.69, 9.17) is 9.15 Å². The molecule has 0 bridgehead atoms. The lowest BCUT2D eigenvalue weighted by atomic mass is 9.95. The van der Waals surface area contributed by atoms with Crippen molar-refractivity contribution in [1.29, 1.82) is 0 Å². The van der Waals surface area contributed by atoms with E-state index in [1.807, 2.05) is 38.1 Å². The van der Waals surface area contributed by atoms with Crippen molar-refractivity contribution in [2.24, 2.45) is 0 Å². The molecule has 0 spiro atoms. The van der Waals surface area contributed by atoms with Crippen molar-refractivity contribution in [2.45, 2.75) is 39.7 Å². The van der Waals surface area contributed by atoms with Crippen molar-refractivity contribution in [3.8, 4) is 0 Å². The van der Waals surface area contributed by atoms with Crippen molar-refractivity contribution in [3.63, 3.8) is 0 Å². The minimum atomic E-state index is -0.480. The lowest BCUT2D eigenvalue weighted by Crippen LogP contribution is -2.32. The van der Waals surface area contributed by atoms with E-state index in [0.717, 1.165) is 16.7 Å². The Morgan fingerprint density at radius 1 is 1.07 bits per heavy atom. The van der Waals surface area contributed by atoms with Crippen LogP contribution >= 0.6 is 0 Å². The molecule has 5 heteroatoms. The maximum absolute atomic E-state index is 13.5. The van der Waals surface area contributed by atoms with Gasteiger partial charge in [0, 0.05) is 13.7 Å². The fourth-order valence-corrected chi connectivity index (χ4v) is 4.11. The first kappa shape index (κ1) is 20.4. The molecule has 2 aromatic carbocycles. The monoisotopic (exact) mass is 405 g/mol. The highest BCUT2D eigenvalue weighted by Gasteiger charge is 2.42. The maximum Gasteiger partial charge on any atom is 0.290 e. The van der Waals surface area contributed by atoms with E-state index in [1.54, 1.807) is 12.0 Å². The summed E-state index contributed by atoms with van der Waals surface area (Å²) < 4.78 is 11.2. The van der Waals surface area contributed by atoms with Crippen molar-refractivity contribution >= 4 is 16.9 Å². The topological polar surface area (TPSA) is 59.8 Å².